The molecule has 2 N–H and O–H groups in total. The predicted octanol–water partition coefficient (Wildman–Crippen LogP) is 4.66. The first-order valence-corrected chi connectivity index (χ1v) is 6.85. The number of anilines is 1. The zero-order valence-electron chi connectivity index (χ0n) is 11.1. The lowest BCUT2D eigenvalue weighted by molar-refractivity contribution is 0.466. The maximum Gasteiger partial charge on any atom is 0.150 e. The van der Waals surface area contributed by atoms with Crippen LogP contribution in [0, 0.1) is 25.5 Å². The molecule has 106 valence electrons. The number of benzene rings is 2. The van der Waals surface area contributed by atoms with Crippen LogP contribution in [0.5, 0.6) is 5.75 Å². The standard InChI is InChI=1S/C15H14BrF2NO/c1-8-3-10(4-9(2)15(8)20)7-19-14-12(17)5-11(16)6-13(14)18/h3-6,19-20H,7H2,1-2H3. The van der Waals surface area contributed by atoms with Crippen molar-refractivity contribution in [2.75, 3.05) is 5.32 Å². The van der Waals surface area contributed by atoms with Crippen molar-refractivity contribution in [1.29, 1.82) is 0 Å². The fraction of sp³-hybridized carbons (Fsp3) is 0.200. The van der Waals surface area contributed by atoms with Crippen LogP contribution < -0.4 is 5.32 Å². The predicted molar refractivity (Wildman–Crippen MR) is 79.0 cm³/mol. The van der Waals surface area contributed by atoms with Crippen LogP contribution in [0.4, 0.5) is 14.5 Å². The van der Waals surface area contributed by atoms with Crippen molar-refractivity contribution in [3.05, 3.63) is 57.1 Å². The van der Waals surface area contributed by atoms with Crippen LogP contribution in [0.1, 0.15) is 16.7 Å². The minimum atomic E-state index is -0.649. The van der Waals surface area contributed by atoms with Crippen LogP contribution >= 0.6 is 15.9 Å². The van der Waals surface area contributed by atoms with E-state index in [9.17, 15) is 13.9 Å². The molecule has 0 aliphatic carbocycles. The largest absolute Gasteiger partial charge is 0.507 e. The van der Waals surface area contributed by atoms with Crippen LogP contribution in [0.25, 0.3) is 0 Å². The van der Waals surface area contributed by atoms with E-state index in [0.717, 1.165) is 16.7 Å². The van der Waals surface area contributed by atoms with E-state index in [1.807, 2.05) is 0 Å². The van der Waals surface area contributed by atoms with Crippen molar-refractivity contribution in [3.63, 3.8) is 0 Å². The summed E-state index contributed by atoms with van der Waals surface area (Å²) in [5, 5.41) is 12.4. The van der Waals surface area contributed by atoms with Gasteiger partial charge in [0, 0.05) is 11.0 Å². The summed E-state index contributed by atoms with van der Waals surface area (Å²) in [6.07, 6.45) is 0. The van der Waals surface area contributed by atoms with E-state index in [-0.39, 0.29) is 18.0 Å². The van der Waals surface area contributed by atoms with Crippen molar-refractivity contribution >= 4 is 21.6 Å². The summed E-state index contributed by atoms with van der Waals surface area (Å²) < 4.78 is 27.7. The SMILES string of the molecule is Cc1cc(CNc2c(F)cc(Br)cc2F)cc(C)c1O. The third kappa shape index (κ3) is 3.10. The first-order chi connectivity index (χ1) is 9.38. The Morgan fingerprint density at radius 3 is 2.05 bits per heavy atom. The number of phenols is 1. The minimum Gasteiger partial charge on any atom is -0.507 e. The highest BCUT2D eigenvalue weighted by Gasteiger charge is 2.11. The molecule has 2 aromatic rings. The van der Waals surface area contributed by atoms with E-state index in [2.05, 4.69) is 21.2 Å². The Bertz CT molecular complexity index is 612. The van der Waals surface area contributed by atoms with Gasteiger partial charge in [0.15, 0.2) is 0 Å². The number of hydrogen-bond donors (Lipinski definition) is 2. The third-order valence-electron chi connectivity index (χ3n) is 3.03. The Morgan fingerprint density at radius 1 is 1.05 bits per heavy atom. The molecule has 0 bridgehead atoms. The zero-order valence-corrected chi connectivity index (χ0v) is 12.7. The normalized spacial score (nSPS) is 10.7. The van der Waals surface area contributed by atoms with Crippen LogP contribution in [0.15, 0.2) is 28.7 Å². The first-order valence-electron chi connectivity index (χ1n) is 6.06. The highest BCUT2D eigenvalue weighted by atomic mass is 79.9. The van der Waals surface area contributed by atoms with Gasteiger partial charge in [-0.25, -0.2) is 8.78 Å². The lowest BCUT2D eigenvalue weighted by Gasteiger charge is -2.11. The summed E-state index contributed by atoms with van der Waals surface area (Å²) in [4.78, 5) is 0. The minimum absolute atomic E-state index is 0.156. The maximum atomic E-state index is 13.7. The number of phenolic OH excluding ortho intramolecular Hbond substituents is 1. The van der Waals surface area contributed by atoms with Gasteiger partial charge >= 0.3 is 0 Å². The second kappa shape index (κ2) is 5.79. The van der Waals surface area contributed by atoms with Crippen molar-refractivity contribution in [1.82, 2.24) is 0 Å². The van der Waals surface area contributed by atoms with E-state index in [0.29, 0.717) is 4.47 Å². The molecule has 0 heterocycles. The molecule has 0 radical (unpaired) electrons. The Kier molecular flexibility index (Phi) is 4.28. The lowest BCUT2D eigenvalue weighted by Crippen LogP contribution is -2.04. The van der Waals surface area contributed by atoms with Gasteiger partial charge in [0.05, 0.1) is 0 Å². The number of halogens is 3. The molecule has 0 atom stereocenters. The summed E-state index contributed by atoms with van der Waals surface area (Å²) in [6.45, 7) is 3.84. The Labute approximate surface area is 124 Å². The Balaban J connectivity index is 2.21. The van der Waals surface area contributed by atoms with Gasteiger partial charge in [-0.3, -0.25) is 0 Å². The van der Waals surface area contributed by atoms with Crippen molar-refractivity contribution in [2.24, 2.45) is 0 Å². The fourth-order valence-electron chi connectivity index (χ4n) is 2.05. The molecule has 0 unspecified atom stereocenters. The van der Waals surface area contributed by atoms with Gasteiger partial charge in [0.1, 0.15) is 23.1 Å². The molecule has 0 saturated carbocycles. The Morgan fingerprint density at radius 2 is 1.55 bits per heavy atom. The molecule has 0 saturated heterocycles. The number of aromatic hydroxyl groups is 1. The molecule has 0 aliphatic rings. The van der Waals surface area contributed by atoms with Crippen LogP contribution in [-0.2, 0) is 6.54 Å². The number of hydrogen-bond acceptors (Lipinski definition) is 2. The molecule has 0 spiro atoms. The number of aryl methyl sites for hydroxylation is 2. The topological polar surface area (TPSA) is 32.3 Å². The number of rotatable bonds is 3. The number of nitrogens with one attached hydrogen (secondary N) is 1. The molecule has 2 nitrogen and oxygen atoms in total. The van der Waals surface area contributed by atoms with Crippen molar-refractivity contribution in [2.45, 2.75) is 20.4 Å². The van der Waals surface area contributed by atoms with Gasteiger partial charge < -0.3 is 10.4 Å². The molecule has 20 heavy (non-hydrogen) atoms. The average molecular weight is 342 g/mol. The molecular weight excluding hydrogens is 328 g/mol. The first kappa shape index (κ1) is 14.8. The molecule has 2 rings (SSSR count). The third-order valence-corrected chi connectivity index (χ3v) is 3.48. The van der Waals surface area contributed by atoms with Gasteiger partial charge in [-0.2, -0.15) is 0 Å². The smallest absolute Gasteiger partial charge is 0.150 e. The summed E-state index contributed by atoms with van der Waals surface area (Å²) in [5.41, 5.74) is 2.16. The zero-order chi connectivity index (χ0) is 14.9. The van der Waals surface area contributed by atoms with E-state index < -0.39 is 11.6 Å². The summed E-state index contributed by atoms with van der Waals surface area (Å²) in [5.74, 6) is -1.05. The molecule has 2 aromatic carbocycles. The lowest BCUT2D eigenvalue weighted by atomic mass is 10.1. The van der Waals surface area contributed by atoms with Gasteiger partial charge in [0.2, 0.25) is 0 Å². The second-order valence-corrected chi connectivity index (χ2v) is 5.59. The second-order valence-electron chi connectivity index (χ2n) is 4.68. The van der Waals surface area contributed by atoms with Crippen molar-refractivity contribution < 1.29 is 13.9 Å². The molecule has 0 fully saturated rings. The summed E-state index contributed by atoms with van der Waals surface area (Å²) in [6, 6.07) is 5.98. The maximum absolute atomic E-state index is 13.7. The molecule has 5 heteroatoms. The highest BCUT2D eigenvalue weighted by molar-refractivity contribution is 9.10. The van der Waals surface area contributed by atoms with E-state index in [1.54, 1.807) is 26.0 Å². The average Bonchev–Trinajstić information content (AvgIpc) is 2.34. The van der Waals surface area contributed by atoms with Gasteiger partial charge in [-0.1, -0.05) is 28.1 Å². The van der Waals surface area contributed by atoms with Crippen molar-refractivity contribution in [3.8, 4) is 5.75 Å². The van der Waals surface area contributed by atoms with E-state index in [1.165, 1.54) is 12.1 Å². The quantitative estimate of drug-likeness (QED) is 0.850. The van der Waals surface area contributed by atoms with Gasteiger partial charge in [0.25, 0.3) is 0 Å². The molecular formula is C15H14BrF2NO. The highest BCUT2D eigenvalue weighted by Crippen LogP contribution is 2.26. The van der Waals surface area contributed by atoms with Crippen LogP contribution in [0.3, 0.4) is 0 Å². The molecule has 0 amide bonds. The molecule has 0 aromatic heterocycles. The summed E-state index contributed by atoms with van der Waals surface area (Å²) >= 11 is 3.03. The van der Waals surface area contributed by atoms with Crippen LogP contribution in [-0.4, -0.2) is 5.11 Å². The Hall–Kier alpha value is -1.62. The van der Waals surface area contributed by atoms with Gasteiger partial charge in [-0.15, -0.1) is 0 Å². The van der Waals surface area contributed by atoms with E-state index in [4.69, 9.17) is 0 Å². The van der Waals surface area contributed by atoms with E-state index >= 15 is 0 Å². The summed E-state index contributed by atoms with van der Waals surface area (Å²) in [7, 11) is 0. The fourth-order valence-corrected chi connectivity index (χ4v) is 2.45. The molecule has 0 aliphatic heterocycles. The monoisotopic (exact) mass is 341 g/mol. The van der Waals surface area contributed by atoms with Gasteiger partial charge in [-0.05, 0) is 42.7 Å². The van der Waals surface area contributed by atoms with Crippen LogP contribution in [0.2, 0.25) is 0 Å².